The van der Waals surface area contributed by atoms with E-state index in [1.807, 2.05) is 0 Å². The van der Waals surface area contributed by atoms with Crippen molar-refractivity contribution in [2.45, 2.75) is 0 Å². The number of para-hydroxylation sites is 1. The fraction of sp³-hybridized carbons (Fsp3) is 0. The fourth-order valence-electron chi connectivity index (χ4n) is 1.68. The van der Waals surface area contributed by atoms with E-state index in [2.05, 4.69) is 21.2 Å². The highest BCUT2D eigenvalue weighted by Crippen LogP contribution is 2.19. The highest BCUT2D eigenvalue weighted by Gasteiger charge is 2.13. The average Bonchev–Trinajstić information content (AvgIpc) is 2.50. The zero-order chi connectivity index (χ0) is 16.1. The topological polar surface area (TPSA) is 52.9 Å². The Bertz CT molecular complexity index is 797. The molecule has 6 heteroatoms. The van der Waals surface area contributed by atoms with Gasteiger partial charge in [-0.25, -0.2) is 8.78 Å². The van der Waals surface area contributed by atoms with Crippen molar-refractivity contribution in [3.63, 3.8) is 0 Å². The van der Waals surface area contributed by atoms with Crippen LogP contribution in [0.15, 0.2) is 52.5 Å². The molecule has 2 aromatic rings. The van der Waals surface area contributed by atoms with Crippen molar-refractivity contribution in [2.75, 3.05) is 5.32 Å². The minimum Gasteiger partial charge on any atom is -0.319 e. The van der Waals surface area contributed by atoms with Crippen LogP contribution in [0.2, 0.25) is 0 Å². The summed E-state index contributed by atoms with van der Waals surface area (Å²) in [5.74, 6) is -2.01. The summed E-state index contributed by atoms with van der Waals surface area (Å²) < 4.78 is 27.7. The molecular weight excluding hydrogens is 354 g/mol. The Morgan fingerprint density at radius 1 is 1.18 bits per heavy atom. The van der Waals surface area contributed by atoms with Crippen molar-refractivity contribution in [1.82, 2.24) is 0 Å². The van der Waals surface area contributed by atoms with E-state index in [9.17, 15) is 13.6 Å². The first kappa shape index (κ1) is 15.9. The van der Waals surface area contributed by atoms with Crippen LogP contribution in [-0.2, 0) is 4.79 Å². The molecular formula is C16H9BrF2N2O. The van der Waals surface area contributed by atoms with E-state index in [1.165, 1.54) is 36.4 Å². The Morgan fingerprint density at radius 2 is 1.91 bits per heavy atom. The van der Waals surface area contributed by atoms with Gasteiger partial charge in [-0.2, -0.15) is 5.26 Å². The van der Waals surface area contributed by atoms with E-state index in [4.69, 9.17) is 5.26 Å². The van der Waals surface area contributed by atoms with Crippen LogP contribution < -0.4 is 5.32 Å². The first-order chi connectivity index (χ1) is 10.5. The van der Waals surface area contributed by atoms with Crippen LogP contribution in [0.25, 0.3) is 6.08 Å². The number of hydrogen-bond acceptors (Lipinski definition) is 2. The third-order valence-corrected chi connectivity index (χ3v) is 3.24. The molecule has 0 spiro atoms. The number of hydrogen-bond donors (Lipinski definition) is 1. The van der Waals surface area contributed by atoms with Crippen molar-refractivity contribution < 1.29 is 13.6 Å². The van der Waals surface area contributed by atoms with Gasteiger partial charge in [0, 0.05) is 10.0 Å². The lowest BCUT2D eigenvalue weighted by Gasteiger charge is -2.05. The summed E-state index contributed by atoms with van der Waals surface area (Å²) in [6.45, 7) is 0. The zero-order valence-electron chi connectivity index (χ0n) is 11.1. The van der Waals surface area contributed by atoms with Gasteiger partial charge in [0.25, 0.3) is 5.91 Å². The normalized spacial score (nSPS) is 10.9. The Morgan fingerprint density at radius 3 is 2.59 bits per heavy atom. The molecule has 0 aliphatic rings. The van der Waals surface area contributed by atoms with Crippen molar-refractivity contribution in [3.05, 3.63) is 69.7 Å². The first-order valence-electron chi connectivity index (χ1n) is 6.14. The molecule has 0 aromatic heterocycles. The van der Waals surface area contributed by atoms with Gasteiger partial charge in [-0.05, 0) is 36.4 Å². The van der Waals surface area contributed by atoms with Gasteiger partial charge in [0.1, 0.15) is 23.3 Å². The minimum atomic E-state index is -0.813. The molecule has 0 aliphatic heterocycles. The van der Waals surface area contributed by atoms with Gasteiger partial charge in [0.15, 0.2) is 0 Å². The Balaban J connectivity index is 2.30. The Hall–Kier alpha value is -2.52. The van der Waals surface area contributed by atoms with Gasteiger partial charge < -0.3 is 5.32 Å². The van der Waals surface area contributed by atoms with Gasteiger partial charge in [0.05, 0.1) is 5.69 Å². The minimum absolute atomic E-state index is 0.0524. The van der Waals surface area contributed by atoms with E-state index in [1.54, 1.807) is 12.1 Å². The molecule has 0 heterocycles. The quantitative estimate of drug-likeness (QED) is 0.654. The van der Waals surface area contributed by atoms with Crippen LogP contribution >= 0.6 is 15.9 Å². The number of halogens is 3. The number of carbonyl (C=O) groups is 1. The van der Waals surface area contributed by atoms with E-state index in [0.717, 1.165) is 6.08 Å². The molecule has 0 radical (unpaired) electrons. The Kier molecular flexibility index (Phi) is 5.02. The molecule has 1 N–H and O–H groups in total. The van der Waals surface area contributed by atoms with Gasteiger partial charge >= 0.3 is 0 Å². The van der Waals surface area contributed by atoms with Gasteiger partial charge in [-0.15, -0.1) is 0 Å². The largest absolute Gasteiger partial charge is 0.319 e. The number of amides is 1. The third-order valence-electron chi connectivity index (χ3n) is 2.75. The van der Waals surface area contributed by atoms with Crippen molar-refractivity contribution in [3.8, 4) is 6.07 Å². The van der Waals surface area contributed by atoms with E-state index < -0.39 is 17.5 Å². The van der Waals surface area contributed by atoms with Crippen LogP contribution in [0.3, 0.4) is 0 Å². The SMILES string of the molecule is N#CC(=Cc1cc(Br)ccc1F)C(=O)Nc1ccccc1F. The number of nitriles is 1. The smallest absolute Gasteiger partial charge is 0.266 e. The molecule has 0 atom stereocenters. The van der Waals surface area contributed by atoms with Crippen LogP contribution in [0.1, 0.15) is 5.56 Å². The standard InChI is InChI=1S/C16H9BrF2N2O/c17-12-5-6-13(18)10(8-12)7-11(9-20)16(22)21-15-4-2-1-3-14(15)19/h1-8H,(H,21,22). The summed E-state index contributed by atoms with van der Waals surface area (Å²) in [6.07, 6.45) is 1.11. The van der Waals surface area contributed by atoms with Crippen LogP contribution in [0, 0.1) is 23.0 Å². The fourth-order valence-corrected chi connectivity index (χ4v) is 2.06. The summed E-state index contributed by atoms with van der Waals surface area (Å²) in [6, 6.07) is 11.4. The summed E-state index contributed by atoms with van der Waals surface area (Å²) >= 11 is 3.18. The number of carbonyl (C=O) groups excluding carboxylic acids is 1. The van der Waals surface area contributed by atoms with Crippen LogP contribution in [0.5, 0.6) is 0 Å². The summed E-state index contributed by atoms with van der Waals surface area (Å²) in [5, 5.41) is 11.3. The van der Waals surface area contributed by atoms with Crippen molar-refractivity contribution in [2.24, 2.45) is 0 Å². The van der Waals surface area contributed by atoms with E-state index in [-0.39, 0.29) is 16.8 Å². The number of rotatable bonds is 3. The maximum absolute atomic E-state index is 13.7. The molecule has 1 amide bonds. The lowest BCUT2D eigenvalue weighted by molar-refractivity contribution is -0.112. The molecule has 0 fully saturated rings. The number of anilines is 1. The molecule has 0 saturated carbocycles. The molecule has 0 unspecified atom stereocenters. The van der Waals surface area contributed by atoms with E-state index in [0.29, 0.717) is 4.47 Å². The summed E-state index contributed by atoms with van der Waals surface area (Å²) in [4.78, 5) is 12.0. The van der Waals surface area contributed by atoms with Gasteiger partial charge in [0.2, 0.25) is 0 Å². The average molecular weight is 363 g/mol. The summed E-state index contributed by atoms with van der Waals surface area (Å²) in [7, 11) is 0. The van der Waals surface area contributed by atoms with Crippen LogP contribution in [-0.4, -0.2) is 5.91 Å². The van der Waals surface area contributed by atoms with Gasteiger partial charge in [-0.1, -0.05) is 28.1 Å². The second kappa shape index (κ2) is 6.96. The highest BCUT2D eigenvalue weighted by atomic mass is 79.9. The van der Waals surface area contributed by atoms with Gasteiger partial charge in [-0.3, -0.25) is 4.79 Å². The predicted molar refractivity (Wildman–Crippen MR) is 82.7 cm³/mol. The third kappa shape index (κ3) is 3.77. The monoisotopic (exact) mass is 362 g/mol. The molecule has 2 aromatic carbocycles. The molecule has 0 aliphatic carbocycles. The lowest BCUT2D eigenvalue weighted by Crippen LogP contribution is -2.14. The molecule has 2 rings (SSSR count). The van der Waals surface area contributed by atoms with Crippen LogP contribution in [0.4, 0.5) is 14.5 Å². The molecule has 3 nitrogen and oxygen atoms in total. The second-order valence-corrected chi connectivity index (χ2v) is 5.19. The molecule has 0 saturated heterocycles. The lowest BCUT2D eigenvalue weighted by atomic mass is 10.1. The molecule has 22 heavy (non-hydrogen) atoms. The summed E-state index contributed by atoms with van der Waals surface area (Å²) in [5.41, 5.74) is -0.307. The highest BCUT2D eigenvalue weighted by molar-refractivity contribution is 9.10. The van der Waals surface area contributed by atoms with Crippen molar-refractivity contribution in [1.29, 1.82) is 5.26 Å². The first-order valence-corrected chi connectivity index (χ1v) is 6.93. The Labute approximate surface area is 134 Å². The molecule has 110 valence electrons. The second-order valence-electron chi connectivity index (χ2n) is 4.27. The maximum atomic E-state index is 13.7. The van der Waals surface area contributed by atoms with E-state index >= 15 is 0 Å². The molecule has 0 bridgehead atoms. The zero-order valence-corrected chi connectivity index (χ0v) is 12.7. The predicted octanol–water partition coefficient (Wildman–Crippen LogP) is 4.27. The number of nitrogens with one attached hydrogen (secondary N) is 1. The number of nitrogens with zero attached hydrogens (tertiary/aromatic N) is 1. The maximum Gasteiger partial charge on any atom is 0.266 e. The number of benzene rings is 2. The van der Waals surface area contributed by atoms with Crippen molar-refractivity contribution >= 4 is 33.6 Å².